The molecule has 0 aliphatic heterocycles. The molecule has 0 saturated heterocycles. The van der Waals surface area contributed by atoms with Crippen LogP contribution < -0.4 is 10.7 Å². The second kappa shape index (κ2) is 8.67. The molecule has 0 aliphatic carbocycles. The number of amides is 2. The van der Waals surface area contributed by atoms with E-state index in [-0.39, 0.29) is 17.6 Å². The number of nitrogens with zero attached hydrogens (tertiary/aromatic N) is 1. The summed E-state index contributed by atoms with van der Waals surface area (Å²) in [6.45, 7) is 3.85. The van der Waals surface area contributed by atoms with Crippen LogP contribution in [0, 0.1) is 0 Å². The van der Waals surface area contributed by atoms with E-state index in [9.17, 15) is 9.59 Å². The van der Waals surface area contributed by atoms with Crippen molar-refractivity contribution < 1.29 is 14.0 Å². The second-order valence-corrected chi connectivity index (χ2v) is 5.34. The molecule has 2 N–H and O–H groups in total. The first-order chi connectivity index (χ1) is 11.6. The summed E-state index contributed by atoms with van der Waals surface area (Å²) in [5, 5.41) is 6.83. The third kappa shape index (κ3) is 5.08. The van der Waals surface area contributed by atoms with Crippen LogP contribution in [-0.4, -0.2) is 17.5 Å². The normalized spacial score (nSPS) is 11.2. The fraction of sp³-hybridized carbons (Fsp3) is 0.278. The Morgan fingerprint density at radius 1 is 1.17 bits per heavy atom. The summed E-state index contributed by atoms with van der Waals surface area (Å²) in [5.41, 5.74) is 4.76. The van der Waals surface area contributed by atoms with Crippen molar-refractivity contribution >= 4 is 23.2 Å². The van der Waals surface area contributed by atoms with Crippen LogP contribution in [0.15, 0.2) is 52.2 Å². The van der Waals surface area contributed by atoms with Crippen molar-refractivity contribution in [2.45, 2.75) is 33.1 Å². The second-order valence-electron chi connectivity index (χ2n) is 5.34. The van der Waals surface area contributed by atoms with Crippen LogP contribution in [0.25, 0.3) is 0 Å². The third-order valence-corrected chi connectivity index (χ3v) is 3.41. The molecule has 1 aromatic heterocycles. The van der Waals surface area contributed by atoms with E-state index >= 15 is 0 Å². The molecule has 0 aliphatic rings. The number of furan rings is 1. The molecule has 0 atom stereocenters. The molecule has 1 heterocycles. The molecule has 0 fully saturated rings. The first-order valence-corrected chi connectivity index (χ1v) is 7.88. The Hall–Kier alpha value is -2.89. The molecule has 2 rings (SSSR count). The molecule has 126 valence electrons. The Kier molecular flexibility index (Phi) is 6.31. The van der Waals surface area contributed by atoms with Gasteiger partial charge >= 0.3 is 0 Å². The fourth-order valence-corrected chi connectivity index (χ4v) is 2.00. The largest absolute Gasteiger partial charge is 0.459 e. The van der Waals surface area contributed by atoms with Crippen molar-refractivity contribution in [2.75, 3.05) is 5.32 Å². The number of nitrogens with one attached hydrogen (secondary N) is 2. The van der Waals surface area contributed by atoms with Gasteiger partial charge in [-0.2, -0.15) is 5.10 Å². The van der Waals surface area contributed by atoms with E-state index in [4.69, 9.17) is 4.42 Å². The lowest BCUT2D eigenvalue weighted by molar-refractivity contribution is -0.121. The highest BCUT2D eigenvalue weighted by molar-refractivity contribution is 6.03. The van der Waals surface area contributed by atoms with Crippen LogP contribution >= 0.6 is 0 Å². The number of carbonyl (C=O) groups is 2. The minimum absolute atomic E-state index is 0.0847. The summed E-state index contributed by atoms with van der Waals surface area (Å²) in [5.74, 6) is -0.133. The highest BCUT2D eigenvalue weighted by atomic mass is 16.3. The van der Waals surface area contributed by atoms with Gasteiger partial charge in [0.2, 0.25) is 5.91 Å². The monoisotopic (exact) mass is 327 g/mol. The van der Waals surface area contributed by atoms with Crippen molar-refractivity contribution in [3.8, 4) is 0 Å². The summed E-state index contributed by atoms with van der Waals surface area (Å²) in [7, 11) is 0. The highest BCUT2D eigenvalue weighted by Crippen LogP contribution is 2.12. The van der Waals surface area contributed by atoms with Crippen molar-refractivity contribution in [2.24, 2.45) is 5.10 Å². The van der Waals surface area contributed by atoms with Crippen molar-refractivity contribution in [1.29, 1.82) is 0 Å². The van der Waals surface area contributed by atoms with E-state index in [2.05, 4.69) is 15.8 Å². The maximum Gasteiger partial charge on any atom is 0.291 e. The Labute approximate surface area is 140 Å². The summed E-state index contributed by atoms with van der Waals surface area (Å²) in [4.78, 5) is 23.4. The van der Waals surface area contributed by atoms with Crippen LogP contribution in [-0.2, 0) is 4.79 Å². The Morgan fingerprint density at radius 2 is 1.92 bits per heavy atom. The van der Waals surface area contributed by atoms with Gasteiger partial charge in [0, 0.05) is 12.1 Å². The highest BCUT2D eigenvalue weighted by Gasteiger charge is 2.08. The predicted molar refractivity (Wildman–Crippen MR) is 93.0 cm³/mol. The number of hydrogen-bond donors (Lipinski definition) is 2. The number of unbranched alkanes of at least 4 members (excludes halogenated alkanes) is 1. The van der Waals surface area contributed by atoms with Crippen LogP contribution in [0.4, 0.5) is 5.69 Å². The molecule has 24 heavy (non-hydrogen) atoms. The molecular formula is C18H21N3O3. The zero-order valence-corrected chi connectivity index (χ0v) is 13.8. The number of rotatable bonds is 7. The quantitative estimate of drug-likeness (QED) is 0.602. The van der Waals surface area contributed by atoms with Gasteiger partial charge in [-0.15, -0.1) is 0 Å². The first kappa shape index (κ1) is 17.5. The van der Waals surface area contributed by atoms with Crippen molar-refractivity contribution in [3.05, 3.63) is 54.0 Å². The molecule has 0 spiro atoms. The molecule has 6 nitrogen and oxygen atoms in total. The SMILES string of the molecule is CCCCC(=O)NN=C(C)c1ccc(NC(=O)c2ccco2)cc1. The summed E-state index contributed by atoms with van der Waals surface area (Å²) < 4.78 is 5.04. The lowest BCUT2D eigenvalue weighted by atomic mass is 10.1. The lowest BCUT2D eigenvalue weighted by Gasteiger charge is -2.06. The van der Waals surface area contributed by atoms with Gasteiger partial charge in [-0.3, -0.25) is 9.59 Å². The topological polar surface area (TPSA) is 83.7 Å². The maximum atomic E-state index is 11.9. The Bertz CT molecular complexity index is 704. The van der Waals surface area contributed by atoms with Crippen LogP contribution in [0.1, 0.15) is 49.2 Å². The van der Waals surface area contributed by atoms with E-state index < -0.39 is 0 Å². The summed E-state index contributed by atoms with van der Waals surface area (Å²) in [6.07, 6.45) is 3.75. The Morgan fingerprint density at radius 3 is 2.54 bits per heavy atom. The van der Waals surface area contributed by atoms with Gasteiger partial charge in [0.05, 0.1) is 12.0 Å². The van der Waals surface area contributed by atoms with Gasteiger partial charge in [0.15, 0.2) is 5.76 Å². The van der Waals surface area contributed by atoms with Crippen LogP contribution in [0.5, 0.6) is 0 Å². The van der Waals surface area contributed by atoms with E-state index in [0.29, 0.717) is 17.8 Å². The zero-order valence-electron chi connectivity index (χ0n) is 13.8. The molecule has 2 aromatic rings. The van der Waals surface area contributed by atoms with Crippen LogP contribution in [0.3, 0.4) is 0 Å². The number of hydrogen-bond acceptors (Lipinski definition) is 4. The molecule has 6 heteroatoms. The molecular weight excluding hydrogens is 306 g/mol. The number of anilines is 1. The van der Waals surface area contributed by atoms with Gasteiger partial charge in [0.25, 0.3) is 5.91 Å². The minimum Gasteiger partial charge on any atom is -0.459 e. The van der Waals surface area contributed by atoms with Crippen molar-refractivity contribution in [3.63, 3.8) is 0 Å². The fourth-order valence-electron chi connectivity index (χ4n) is 2.00. The Balaban J connectivity index is 1.93. The summed E-state index contributed by atoms with van der Waals surface area (Å²) in [6, 6.07) is 10.5. The average Bonchev–Trinajstić information content (AvgIpc) is 3.13. The molecule has 0 radical (unpaired) electrons. The van der Waals surface area contributed by atoms with Gasteiger partial charge in [-0.25, -0.2) is 5.43 Å². The van der Waals surface area contributed by atoms with E-state index in [0.717, 1.165) is 18.4 Å². The van der Waals surface area contributed by atoms with E-state index in [1.54, 1.807) is 24.3 Å². The number of carbonyl (C=O) groups excluding carboxylic acids is 2. The standard InChI is InChI=1S/C18H21N3O3/c1-3-4-7-17(22)21-20-13(2)14-8-10-15(11-9-14)19-18(23)16-6-5-12-24-16/h5-6,8-12H,3-4,7H2,1-2H3,(H,19,23)(H,21,22). The molecule has 0 saturated carbocycles. The van der Waals surface area contributed by atoms with Gasteiger partial charge in [-0.05, 0) is 43.2 Å². The van der Waals surface area contributed by atoms with E-state index in [1.807, 2.05) is 26.0 Å². The van der Waals surface area contributed by atoms with E-state index in [1.165, 1.54) is 6.26 Å². The minimum atomic E-state index is -0.304. The molecule has 2 amide bonds. The zero-order chi connectivity index (χ0) is 17.4. The predicted octanol–water partition coefficient (Wildman–Crippen LogP) is 3.56. The molecule has 0 bridgehead atoms. The first-order valence-electron chi connectivity index (χ1n) is 7.88. The number of benzene rings is 1. The summed E-state index contributed by atoms with van der Waals surface area (Å²) >= 11 is 0. The maximum absolute atomic E-state index is 11.9. The average molecular weight is 327 g/mol. The van der Waals surface area contributed by atoms with Gasteiger partial charge in [0.1, 0.15) is 0 Å². The van der Waals surface area contributed by atoms with Crippen LogP contribution in [0.2, 0.25) is 0 Å². The van der Waals surface area contributed by atoms with Gasteiger partial charge < -0.3 is 9.73 Å². The van der Waals surface area contributed by atoms with Gasteiger partial charge in [-0.1, -0.05) is 25.5 Å². The molecule has 0 unspecified atom stereocenters. The molecule has 1 aromatic carbocycles. The van der Waals surface area contributed by atoms with Crippen molar-refractivity contribution in [1.82, 2.24) is 5.43 Å². The third-order valence-electron chi connectivity index (χ3n) is 3.41. The smallest absolute Gasteiger partial charge is 0.291 e. The lowest BCUT2D eigenvalue weighted by Crippen LogP contribution is -2.18. The number of hydrazone groups is 1.